The molecule has 0 bridgehead atoms. The number of nitrogens with one attached hydrogen (secondary N) is 1. The van der Waals surface area contributed by atoms with E-state index < -0.39 is 0 Å². The molecular formula is C16H20N2O3. The summed E-state index contributed by atoms with van der Waals surface area (Å²) in [6, 6.07) is 7.04. The summed E-state index contributed by atoms with van der Waals surface area (Å²) in [6.45, 7) is 2.67. The second-order valence-corrected chi connectivity index (χ2v) is 4.49. The van der Waals surface area contributed by atoms with Crippen molar-refractivity contribution in [1.82, 2.24) is 10.2 Å². The maximum atomic E-state index is 11.7. The monoisotopic (exact) mass is 288 g/mol. The first-order valence-corrected chi connectivity index (χ1v) is 6.69. The van der Waals surface area contributed by atoms with Crippen molar-refractivity contribution in [1.29, 1.82) is 0 Å². The Kier molecular flexibility index (Phi) is 6.99. The Morgan fingerprint density at radius 3 is 2.48 bits per heavy atom. The average Bonchev–Trinajstić information content (AvgIpc) is 2.49. The van der Waals surface area contributed by atoms with Crippen molar-refractivity contribution >= 4 is 11.8 Å². The van der Waals surface area contributed by atoms with Crippen LogP contribution in [0.5, 0.6) is 0 Å². The maximum absolute atomic E-state index is 11.7. The van der Waals surface area contributed by atoms with Gasteiger partial charge in [-0.25, -0.2) is 0 Å². The number of ether oxygens (including phenoxy) is 1. The van der Waals surface area contributed by atoms with Crippen molar-refractivity contribution in [3.63, 3.8) is 0 Å². The van der Waals surface area contributed by atoms with E-state index in [2.05, 4.69) is 17.2 Å². The Bertz CT molecular complexity index is 539. The molecule has 0 atom stereocenters. The predicted molar refractivity (Wildman–Crippen MR) is 80.8 cm³/mol. The van der Waals surface area contributed by atoms with Crippen molar-refractivity contribution in [2.45, 2.75) is 6.92 Å². The van der Waals surface area contributed by atoms with Crippen LogP contribution in [0.2, 0.25) is 0 Å². The quantitative estimate of drug-likeness (QED) is 0.819. The smallest absolute Gasteiger partial charge is 0.253 e. The largest absolute Gasteiger partial charge is 0.372 e. The van der Waals surface area contributed by atoms with Gasteiger partial charge in [-0.2, -0.15) is 0 Å². The van der Waals surface area contributed by atoms with Gasteiger partial charge in [0.2, 0.25) is 5.91 Å². The lowest BCUT2D eigenvalue weighted by atomic mass is 10.1. The molecule has 1 N–H and O–H groups in total. The highest BCUT2D eigenvalue weighted by molar-refractivity contribution is 5.93. The van der Waals surface area contributed by atoms with Gasteiger partial charge in [-0.1, -0.05) is 11.8 Å². The van der Waals surface area contributed by atoms with Gasteiger partial charge in [0.25, 0.3) is 5.91 Å². The molecule has 1 aromatic carbocycles. The third-order valence-corrected chi connectivity index (χ3v) is 2.58. The van der Waals surface area contributed by atoms with Crippen molar-refractivity contribution < 1.29 is 14.3 Å². The first-order chi connectivity index (χ1) is 10.0. The number of nitrogens with zero attached hydrogens (tertiary/aromatic N) is 1. The molecule has 0 aliphatic carbocycles. The van der Waals surface area contributed by atoms with Crippen molar-refractivity contribution in [2.24, 2.45) is 0 Å². The van der Waals surface area contributed by atoms with Gasteiger partial charge < -0.3 is 15.0 Å². The SMILES string of the molecule is CCOCC(=O)NCC#Cc1ccc(C(=O)N(C)C)cc1. The zero-order valence-corrected chi connectivity index (χ0v) is 12.6. The van der Waals surface area contributed by atoms with Crippen LogP contribution in [0.1, 0.15) is 22.8 Å². The molecule has 0 saturated carbocycles. The van der Waals surface area contributed by atoms with Crippen LogP contribution in [0.25, 0.3) is 0 Å². The number of carbonyl (C=O) groups excluding carboxylic acids is 2. The topological polar surface area (TPSA) is 58.6 Å². The van der Waals surface area contributed by atoms with Crippen LogP contribution in [-0.2, 0) is 9.53 Å². The molecule has 0 aliphatic rings. The third-order valence-electron chi connectivity index (χ3n) is 2.58. The number of carbonyl (C=O) groups is 2. The van der Waals surface area contributed by atoms with Gasteiger partial charge in [-0.15, -0.1) is 0 Å². The summed E-state index contributed by atoms with van der Waals surface area (Å²) in [4.78, 5) is 24.5. The minimum absolute atomic E-state index is 0.0438. The molecule has 5 heteroatoms. The number of hydrogen-bond acceptors (Lipinski definition) is 3. The Hall–Kier alpha value is -2.32. The van der Waals surface area contributed by atoms with Gasteiger partial charge in [0.15, 0.2) is 0 Å². The first kappa shape index (κ1) is 16.7. The maximum Gasteiger partial charge on any atom is 0.253 e. The molecule has 0 fully saturated rings. The fourth-order valence-corrected chi connectivity index (χ4v) is 1.49. The third kappa shape index (κ3) is 6.11. The minimum Gasteiger partial charge on any atom is -0.372 e. The van der Waals surface area contributed by atoms with Crippen molar-refractivity contribution in [2.75, 3.05) is 33.9 Å². The van der Waals surface area contributed by atoms with E-state index in [1.807, 2.05) is 6.92 Å². The van der Waals surface area contributed by atoms with Crippen LogP contribution in [0.3, 0.4) is 0 Å². The molecule has 0 aliphatic heterocycles. The van der Waals surface area contributed by atoms with E-state index in [4.69, 9.17) is 4.74 Å². The van der Waals surface area contributed by atoms with Gasteiger partial charge in [0.1, 0.15) is 6.61 Å². The Labute approximate surface area is 125 Å². The van der Waals surface area contributed by atoms with E-state index in [1.54, 1.807) is 38.4 Å². The van der Waals surface area contributed by atoms with Crippen LogP contribution in [0.15, 0.2) is 24.3 Å². The van der Waals surface area contributed by atoms with Crippen LogP contribution in [-0.4, -0.2) is 50.6 Å². The van der Waals surface area contributed by atoms with Crippen molar-refractivity contribution in [3.05, 3.63) is 35.4 Å². The number of hydrogen-bond donors (Lipinski definition) is 1. The highest BCUT2D eigenvalue weighted by atomic mass is 16.5. The van der Waals surface area contributed by atoms with Crippen molar-refractivity contribution in [3.8, 4) is 11.8 Å². The molecule has 0 radical (unpaired) electrons. The zero-order chi connectivity index (χ0) is 15.7. The highest BCUT2D eigenvalue weighted by Crippen LogP contribution is 2.05. The van der Waals surface area contributed by atoms with E-state index >= 15 is 0 Å². The van der Waals surface area contributed by atoms with Gasteiger partial charge in [0.05, 0.1) is 6.54 Å². The first-order valence-electron chi connectivity index (χ1n) is 6.69. The van der Waals surface area contributed by atoms with Gasteiger partial charge >= 0.3 is 0 Å². The number of rotatable bonds is 5. The van der Waals surface area contributed by atoms with Gasteiger partial charge in [-0.05, 0) is 31.2 Å². The molecule has 1 aromatic rings. The number of benzene rings is 1. The summed E-state index contributed by atoms with van der Waals surface area (Å²) in [5.41, 5.74) is 1.42. The van der Waals surface area contributed by atoms with Crippen LogP contribution in [0.4, 0.5) is 0 Å². The highest BCUT2D eigenvalue weighted by Gasteiger charge is 2.06. The molecule has 0 heterocycles. The van der Waals surface area contributed by atoms with E-state index in [9.17, 15) is 9.59 Å². The molecule has 0 spiro atoms. The summed E-state index contributed by atoms with van der Waals surface area (Å²) < 4.78 is 4.97. The molecule has 21 heavy (non-hydrogen) atoms. The second kappa shape index (κ2) is 8.77. The van der Waals surface area contributed by atoms with Gasteiger partial charge in [-0.3, -0.25) is 9.59 Å². The molecular weight excluding hydrogens is 268 g/mol. The molecule has 0 unspecified atom stereocenters. The molecule has 112 valence electrons. The van der Waals surface area contributed by atoms with Crippen LogP contribution < -0.4 is 5.32 Å². The molecule has 1 rings (SSSR count). The van der Waals surface area contributed by atoms with E-state index in [1.165, 1.54) is 4.90 Å². The normalized spacial score (nSPS) is 9.48. The minimum atomic E-state index is -0.182. The lowest BCUT2D eigenvalue weighted by Gasteiger charge is -2.09. The fraction of sp³-hybridized carbons (Fsp3) is 0.375. The lowest BCUT2D eigenvalue weighted by Crippen LogP contribution is -2.27. The molecule has 2 amide bonds. The molecule has 0 aromatic heterocycles. The Balaban J connectivity index is 2.48. The van der Waals surface area contributed by atoms with Gasteiger partial charge in [0, 0.05) is 31.8 Å². The summed E-state index contributed by atoms with van der Waals surface area (Å²) >= 11 is 0. The average molecular weight is 288 g/mol. The summed E-state index contributed by atoms with van der Waals surface area (Å²) in [5, 5.41) is 2.63. The summed E-state index contributed by atoms with van der Waals surface area (Å²) in [6.07, 6.45) is 0. The molecule has 5 nitrogen and oxygen atoms in total. The second-order valence-electron chi connectivity index (χ2n) is 4.49. The fourth-order valence-electron chi connectivity index (χ4n) is 1.49. The van der Waals surface area contributed by atoms with Crippen LogP contribution >= 0.6 is 0 Å². The van der Waals surface area contributed by atoms with Crippen LogP contribution in [0, 0.1) is 11.8 Å². The molecule has 0 saturated heterocycles. The zero-order valence-electron chi connectivity index (χ0n) is 12.6. The number of amides is 2. The predicted octanol–water partition coefficient (Wildman–Crippen LogP) is 0.893. The standard InChI is InChI=1S/C16H20N2O3/c1-4-21-12-15(19)17-11-5-6-13-7-9-14(10-8-13)16(20)18(2)3/h7-10H,4,11-12H2,1-3H3,(H,17,19). The summed E-state index contributed by atoms with van der Waals surface area (Å²) in [5.74, 6) is 5.54. The Morgan fingerprint density at radius 2 is 1.90 bits per heavy atom. The summed E-state index contributed by atoms with van der Waals surface area (Å²) in [7, 11) is 3.42. The van der Waals surface area contributed by atoms with E-state index in [0.717, 1.165) is 5.56 Å². The Morgan fingerprint density at radius 1 is 1.24 bits per heavy atom. The van der Waals surface area contributed by atoms with E-state index in [0.29, 0.717) is 12.2 Å². The van der Waals surface area contributed by atoms with E-state index in [-0.39, 0.29) is 25.0 Å². The lowest BCUT2D eigenvalue weighted by molar-refractivity contribution is -0.125.